The van der Waals surface area contributed by atoms with Crippen LogP contribution in [0.1, 0.15) is 136 Å². The molecule has 3 unspecified atom stereocenters. The Balaban J connectivity index is 2.44. The molecule has 0 spiro atoms. The van der Waals surface area contributed by atoms with E-state index in [0.717, 1.165) is 57.8 Å². The van der Waals surface area contributed by atoms with E-state index in [-0.39, 0.29) is 26.1 Å². The molecule has 10 heteroatoms. The van der Waals surface area contributed by atoms with E-state index in [1.165, 1.54) is 38.5 Å². The summed E-state index contributed by atoms with van der Waals surface area (Å²) in [5.41, 5.74) is 0. The lowest BCUT2D eigenvalue weighted by molar-refractivity contribution is -0.305. The van der Waals surface area contributed by atoms with Gasteiger partial charge in [-0.25, -0.2) is 0 Å². The first-order chi connectivity index (χ1) is 26.3. The average Bonchev–Trinajstić information content (AvgIpc) is 3.17. The van der Waals surface area contributed by atoms with Gasteiger partial charge in [0.1, 0.15) is 31.0 Å². The van der Waals surface area contributed by atoms with Crippen molar-refractivity contribution in [1.82, 2.24) is 0 Å². The summed E-state index contributed by atoms with van der Waals surface area (Å²) >= 11 is 0. The smallest absolute Gasteiger partial charge is 0.306 e. The van der Waals surface area contributed by atoms with Crippen LogP contribution in [0.15, 0.2) is 72.9 Å². The van der Waals surface area contributed by atoms with E-state index in [2.05, 4.69) is 74.6 Å². The highest BCUT2D eigenvalue weighted by Gasteiger charge is 2.44. The van der Waals surface area contributed by atoms with Crippen LogP contribution in [0.2, 0.25) is 0 Å². The lowest BCUT2D eigenvalue weighted by atomic mass is 9.99. The summed E-state index contributed by atoms with van der Waals surface area (Å²) in [6.07, 6.45) is 35.0. The SMILES string of the molecule is CC/C=C/C/C=C/C/C=C/C/C=C/CCCCCC(=O)OCC(CO[C@H]1O[C@@H](CO)[C@@H](O)C(O)C1O)OC(=O)CC/C=C/C/C=C/CCCCCCCC. The van der Waals surface area contributed by atoms with Crippen LogP contribution in [-0.4, -0.2) is 89.0 Å². The van der Waals surface area contributed by atoms with Gasteiger partial charge in [0.25, 0.3) is 0 Å². The summed E-state index contributed by atoms with van der Waals surface area (Å²) in [7, 11) is 0. The van der Waals surface area contributed by atoms with Crippen LogP contribution in [0.25, 0.3) is 0 Å². The molecular weight excluding hydrogens is 688 g/mol. The van der Waals surface area contributed by atoms with E-state index in [4.69, 9.17) is 18.9 Å². The molecule has 0 amide bonds. The molecule has 0 radical (unpaired) electrons. The van der Waals surface area contributed by atoms with Crippen LogP contribution in [0.4, 0.5) is 0 Å². The summed E-state index contributed by atoms with van der Waals surface area (Å²) in [6.45, 7) is 3.18. The molecule has 1 fully saturated rings. The van der Waals surface area contributed by atoms with Crippen LogP contribution in [0.3, 0.4) is 0 Å². The fourth-order valence-corrected chi connectivity index (χ4v) is 5.58. The summed E-state index contributed by atoms with van der Waals surface area (Å²) in [6, 6.07) is 0. The van der Waals surface area contributed by atoms with Crippen LogP contribution in [-0.2, 0) is 28.5 Å². The van der Waals surface area contributed by atoms with E-state index in [1.54, 1.807) is 0 Å². The van der Waals surface area contributed by atoms with Gasteiger partial charge in [-0.1, -0.05) is 125 Å². The molecule has 0 aromatic heterocycles. The molecule has 0 bridgehead atoms. The summed E-state index contributed by atoms with van der Waals surface area (Å²) in [5.74, 6) is -0.931. The number of allylic oxidation sites excluding steroid dienone is 12. The molecule has 1 saturated heterocycles. The van der Waals surface area contributed by atoms with Gasteiger partial charge in [0.2, 0.25) is 0 Å². The first kappa shape index (κ1) is 49.2. The van der Waals surface area contributed by atoms with E-state index in [1.807, 2.05) is 12.2 Å². The topological polar surface area (TPSA) is 152 Å². The normalized spacial score (nSPS) is 21.5. The van der Waals surface area contributed by atoms with Crippen molar-refractivity contribution >= 4 is 11.9 Å². The van der Waals surface area contributed by atoms with Gasteiger partial charge in [0.05, 0.1) is 13.2 Å². The van der Waals surface area contributed by atoms with Gasteiger partial charge in [-0.2, -0.15) is 0 Å². The van der Waals surface area contributed by atoms with E-state index in [9.17, 15) is 30.0 Å². The minimum atomic E-state index is -1.61. The van der Waals surface area contributed by atoms with Gasteiger partial charge in [-0.3, -0.25) is 9.59 Å². The summed E-state index contributed by atoms with van der Waals surface area (Å²) in [4.78, 5) is 25.2. The zero-order valence-corrected chi connectivity index (χ0v) is 33.2. The maximum atomic E-state index is 12.7. The number of unbranched alkanes of at least 4 members (excludes halogenated alkanes) is 9. The number of aliphatic hydroxyl groups excluding tert-OH is 4. The van der Waals surface area contributed by atoms with Gasteiger partial charge in [-0.05, 0) is 70.6 Å². The molecule has 0 saturated carbocycles. The third-order valence-electron chi connectivity index (χ3n) is 8.84. The summed E-state index contributed by atoms with van der Waals surface area (Å²) < 4.78 is 22.0. The molecule has 1 rings (SSSR count). The van der Waals surface area contributed by atoms with Crippen molar-refractivity contribution in [1.29, 1.82) is 0 Å². The molecule has 0 aromatic rings. The molecule has 0 aliphatic carbocycles. The lowest BCUT2D eigenvalue weighted by Crippen LogP contribution is -2.59. The Labute approximate surface area is 325 Å². The highest BCUT2D eigenvalue weighted by molar-refractivity contribution is 5.70. The van der Waals surface area contributed by atoms with Crippen molar-refractivity contribution in [2.45, 2.75) is 173 Å². The van der Waals surface area contributed by atoms with Gasteiger partial charge in [0.15, 0.2) is 12.4 Å². The van der Waals surface area contributed by atoms with Crippen molar-refractivity contribution in [2.24, 2.45) is 0 Å². The Hall–Kier alpha value is -2.86. The molecule has 1 aliphatic rings. The largest absolute Gasteiger partial charge is 0.462 e. The maximum Gasteiger partial charge on any atom is 0.306 e. The highest BCUT2D eigenvalue weighted by Crippen LogP contribution is 2.22. The van der Waals surface area contributed by atoms with Gasteiger partial charge in [-0.15, -0.1) is 0 Å². The van der Waals surface area contributed by atoms with Crippen molar-refractivity contribution < 1.29 is 49.0 Å². The molecule has 1 aliphatic heterocycles. The van der Waals surface area contributed by atoms with Gasteiger partial charge in [0, 0.05) is 12.8 Å². The number of ether oxygens (including phenoxy) is 4. The quantitative estimate of drug-likeness (QED) is 0.0301. The van der Waals surface area contributed by atoms with Gasteiger partial charge >= 0.3 is 11.9 Å². The fourth-order valence-electron chi connectivity index (χ4n) is 5.58. The average molecular weight is 761 g/mol. The lowest BCUT2D eigenvalue weighted by Gasteiger charge is -2.39. The number of aliphatic hydroxyl groups is 4. The van der Waals surface area contributed by atoms with E-state index < -0.39 is 55.4 Å². The molecule has 10 nitrogen and oxygen atoms in total. The zero-order valence-electron chi connectivity index (χ0n) is 33.2. The Morgan fingerprint density at radius 3 is 1.72 bits per heavy atom. The first-order valence-corrected chi connectivity index (χ1v) is 20.5. The number of hydrogen-bond acceptors (Lipinski definition) is 10. The van der Waals surface area contributed by atoms with Crippen molar-refractivity contribution in [3.63, 3.8) is 0 Å². The third-order valence-corrected chi connectivity index (χ3v) is 8.84. The number of carbonyl (C=O) groups excluding carboxylic acids is 2. The van der Waals surface area contributed by atoms with Gasteiger partial charge < -0.3 is 39.4 Å². The Kier molecular flexibility index (Phi) is 31.5. The second-order valence-corrected chi connectivity index (χ2v) is 13.7. The second kappa shape index (κ2) is 34.6. The standard InChI is InChI=1S/C44H72O10/c1-3-5-7-9-11-13-15-17-18-19-21-22-24-26-28-30-32-39(46)51-35-37(36-52-44-43(50)42(49)41(48)38(34-45)54-44)53-40(47)33-31-29-27-25-23-20-16-14-12-10-8-6-4-2/h5,7,11,13,17-18,20-23,27,29,37-38,41-45,48-50H,3-4,6,8-10,12,14-16,19,24-26,28,30-36H2,1-2H3/b7-5+,13-11+,18-17+,22-21+,23-20+,29-27+/t37?,38-,41+,42?,43?,44-/m0/s1. The van der Waals surface area contributed by atoms with E-state index >= 15 is 0 Å². The number of esters is 2. The molecule has 6 atom stereocenters. The third kappa shape index (κ3) is 26.0. The monoisotopic (exact) mass is 761 g/mol. The minimum Gasteiger partial charge on any atom is -0.462 e. The summed E-state index contributed by atoms with van der Waals surface area (Å²) in [5, 5.41) is 40.0. The molecule has 54 heavy (non-hydrogen) atoms. The fraction of sp³-hybridized carbons (Fsp3) is 0.682. The van der Waals surface area contributed by atoms with Crippen molar-refractivity contribution in [3.05, 3.63) is 72.9 Å². The maximum absolute atomic E-state index is 12.7. The Morgan fingerprint density at radius 1 is 0.593 bits per heavy atom. The van der Waals surface area contributed by atoms with Crippen LogP contribution in [0.5, 0.6) is 0 Å². The number of carbonyl (C=O) groups is 2. The zero-order chi connectivity index (χ0) is 39.5. The molecular formula is C44H72O10. The predicted molar refractivity (Wildman–Crippen MR) is 214 cm³/mol. The molecule has 308 valence electrons. The predicted octanol–water partition coefficient (Wildman–Crippen LogP) is 8.05. The second-order valence-electron chi connectivity index (χ2n) is 13.7. The Morgan fingerprint density at radius 2 is 1.13 bits per heavy atom. The number of hydrogen-bond donors (Lipinski definition) is 4. The van der Waals surface area contributed by atoms with E-state index in [0.29, 0.717) is 12.8 Å². The molecule has 1 heterocycles. The number of rotatable bonds is 32. The van der Waals surface area contributed by atoms with Crippen molar-refractivity contribution in [2.75, 3.05) is 19.8 Å². The molecule has 4 N–H and O–H groups in total. The van der Waals surface area contributed by atoms with Crippen LogP contribution >= 0.6 is 0 Å². The Bertz CT molecular complexity index is 1110. The molecule has 0 aromatic carbocycles. The minimum absolute atomic E-state index is 0.113. The van der Waals surface area contributed by atoms with Crippen LogP contribution < -0.4 is 0 Å². The first-order valence-electron chi connectivity index (χ1n) is 20.5. The van der Waals surface area contributed by atoms with Crippen LogP contribution in [0, 0.1) is 0 Å². The van der Waals surface area contributed by atoms with Crippen molar-refractivity contribution in [3.8, 4) is 0 Å². The highest BCUT2D eigenvalue weighted by atomic mass is 16.7.